The minimum atomic E-state index is -0.819. The summed E-state index contributed by atoms with van der Waals surface area (Å²) < 4.78 is 0. The van der Waals surface area contributed by atoms with Gasteiger partial charge in [0.25, 0.3) is 0 Å². The lowest BCUT2D eigenvalue weighted by molar-refractivity contribution is -0.145. The Hall–Kier alpha value is -2.55. The number of anilines is 1. The highest BCUT2D eigenvalue weighted by Gasteiger charge is 2.35. The third kappa shape index (κ3) is 3.22. The molecule has 19 heavy (non-hydrogen) atoms. The summed E-state index contributed by atoms with van der Waals surface area (Å²) in [5.41, 5.74) is 0.998. The summed E-state index contributed by atoms with van der Waals surface area (Å²) in [6.07, 6.45) is 0.919. The Morgan fingerprint density at radius 1 is 1.37 bits per heavy atom. The lowest BCUT2D eigenvalue weighted by atomic mass is 9.80. The number of carbonyl (C=O) groups is 2. The van der Waals surface area contributed by atoms with Gasteiger partial charge in [0, 0.05) is 11.7 Å². The first-order valence-corrected chi connectivity index (χ1v) is 5.89. The van der Waals surface area contributed by atoms with Crippen molar-refractivity contribution in [2.45, 2.75) is 18.9 Å². The van der Waals surface area contributed by atoms with E-state index < -0.39 is 5.97 Å². The predicted molar refractivity (Wildman–Crippen MR) is 67.5 cm³/mol. The van der Waals surface area contributed by atoms with Gasteiger partial charge in [0.1, 0.15) is 0 Å². The van der Waals surface area contributed by atoms with E-state index in [2.05, 4.69) is 10.6 Å². The molecular formula is C13H13N3O3. The molecule has 1 aliphatic rings. The van der Waals surface area contributed by atoms with Crippen LogP contribution >= 0.6 is 0 Å². The van der Waals surface area contributed by atoms with Crippen molar-refractivity contribution in [3.8, 4) is 6.07 Å². The van der Waals surface area contributed by atoms with Crippen LogP contribution in [-0.4, -0.2) is 23.1 Å². The van der Waals surface area contributed by atoms with Crippen molar-refractivity contribution < 1.29 is 14.7 Å². The number of nitriles is 1. The molecule has 0 radical (unpaired) electrons. The highest BCUT2D eigenvalue weighted by atomic mass is 16.4. The smallest absolute Gasteiger partial charge is 0.319 e. The summed E-state index contributed by atoms with van der Waals surface area (Å²) in [7, 11) is 0. The zero-order valence-corrected chi connectivity index (χ0v) is 10.1. The number of hydrogen-bond acceptors (Lipinski definition) is 3. The Bertz CT molecular complexity index is 544. The van der Waals surface area contributed by atoms with E-state index in [1.54, 1.807) is 24.3 Å². The summed E-state index contributed by atoms with van der Waals surface area (Å²) in [6, 6.07) is 8.08. The lowest BCUT2D eigenvalue weighted by Crippen LogP contribution is -2.48. The van der Waals surface area contributed by atoms with Crippen molar-refractivity contribution in [1.82, 2.24) is 5.32 Å². The SMILES string of the molecule is N#Cc1cccc(NC(=O)NC2CC(C(=O)O)C2)c1. The standard InChI is InChI=1S/C13H13N3O3/c14-7-8-2-1-3-10(4-8)15-13(19)16-11-5-9(6-11)12(17)18/h1-4,9,11H,5-6H2,(H,17,18)(H2,15,16,19). The van der Waals surface area contributed by atoms with E-state index in [0.717, 1.165) is 0 Å². The molecule has 0 saturated heterocycles. The summed E-state index contributed by atoms with van der Waals surface area (Å²) in [4.78, 5) is 22.3. The maximum atomic E-state index is 11.6. The van der Waals surface area contributed by atoms with Crippen molar-refractivity contribution in [2.75, 3.05) is 5.32 Å². The molecule has 0 aliphatic heterocycles. The van der Waals surface area contributed by atoms with E-state index in [-0.39, 0.29) is 18.0 Å². The highest BCUT2D eigenvalue weighted by Crippen LogP contribution is 2.27. The molecule has 0 bridgehead atoms. The monoisotopic (exact) mass is 259 g/mol. The van der Waals surface area contributed by atoms with Crippen LogP contribution in [0.5, 0.6) is 0 Å². The van der Waals surface area contributed by atoms with Gasteiger partial charge in [-0.2, -0.15) is 5.26 Å². The maximum Gasteiger partial charge on any atom is 0.319 e. The molecule has 0 aromatic heterocycles. The van der Waals surface area contributed by atoms with Crippen LogP contribution in [-0.2, 0) is 4.79 Å². The molecule has 0 spiro atoms. The van der Waals surface area contributed by atoms with Crippen LogP contribution in [0, 0.1) is 17.2 Å². The van der Waals surface area contributed by atoms with Gasteiger partial charge in [-0.15, -0.1) is 0 Å². The van der Waals surface area contributed by atoms with Gasteiger partial charge in [-0.3, -0.25) is 4.79 Å². The first kappa shape index (κ1) is 12.9. The number of rotatable bonds is 3. The van der Waals surface area contributed by atoms with Crippen molar-refractivity contribution in [3.05, 3.63) is 29.8 Å². The molecule has 1 fully saturated rings. The minimum Gasteiger partial charge on any atom is -0.481 e. The van der Waals surface area contributed by atoms with E-state index >= 15 is 0 Å². The van der Waals surface area contributed by atoms with Crippen LogP contribution in [0.2, 0.25) is 0 Å². The third-order valence-electron chi connectivity index (χ3n) is 3.07. The second-order valence-corrected chi connectivity index (χ2v) is 4.49. The molecule has 0 unspecified atom stereocenters. The summed E-state index contributed by atoms with van der Waals surface area (Å²) in [5.74, 6) is -1.17. The number of hydrogen-bond donors (Lipinski definition) is 3. The number of nitrogens with one attached hydrogen (secondary N) is 2. The molecule has 0 atom stereocenters. The highest BCUT2D eigenvalue weighted by molar-refractivity contribution is 5.89. The van der Waals surface area contributed by atoms with Gasteiger partial charge >= 0.3 is 12.0 Å². The first-order valence-electron chi connectivity index (χ1n) is 5.89. The fourth-order valence-corrected chi connectivity index (χ4v) is 1.96. The molecule has 98 valence electrons. The Kier molecular flexibility index (Phi) is 3.66. The summed E-state index contributed by atoms with van der Waals surface area (Å²) in [6.45, 7) is 0. The van der Waals surface area contributed by atoms with Gasteiger partial charge in [-0.25, -0.2) is 4.79 Å². The molecule has 1 aromatic rings. The average molecular weight is 259 g/mol. The molecule has 1 saturated carbocycles. The number of urea groups is 1. The van der Waals surface area contributed by atoms with E-state index in [4.69, 9.17) is 10.4 Å². The fourth-order valence-electron chi connectivity index (χ4n) is 1.96. The van der Waals surface area contributed by atoms with Crippen molar-refractivity contribution in [2.24, 2.45) is 5.92 Å². The molecule has 1 aromatic carbocycles. The Labute approximate surface area is 110 Å². The van der Waals surface area contributed by atoms with E-state index in [1.807, 2.05) is 6.07 Å². The van der Waals surface area contributed by atoms with Crippen LogP contribution < -0.4 is 10.6 Å². The van der Waals surface area contributed by atoms with Gasteiger partial charge in [0.2, 0.25) is 0 Å². The molecule has 3 N–H and O–H groups in total. The minimum absolute atomic E-state index is 0.0970. The van der Waals surface area contributed by atoms with E-state index in [9.17, 15) is 9.59 Å². The molecule has 1 aliphatic carbocycles. The number of aliphatic carboxylic acids is 1. The molecule has 2 rings (SSSR count). The van der Waals surface area contributed by atoms with Gasteiger partial charge in [-0.05, 0) is 31.0 Å². The van der Waals surface area contributed by atoms with Gasteiger partial charge in [-0.1, -0.05) is 6.07 Å². The molecule has 6 nitrogen and oxygen atoms in total. The first-order chi connectivity index (χ1) is 9.08. The fraction of sp³-hybridized carbons (Fsp3) is 0.308. The Balaban J connectivity index is 1.82. The van der Waals surface area contributed by atoms with Crippen LogP contribution in [0.4, 0.5) is 10.5 Å². The van der Waals surface area contributed by atoms with Gasteiger partial charge < -0.3 is 15.7 Å². The number of carbonyl (C=O) groups excluding carboxylic acids is 1. The second-order valence-electron chi connectivity index (χ2n) is 4.49. The topological polar surface area (TPSA) is 102 Å². The number of amides is 2. The van der Waals surface area contributed by atoms with Gasteiger partial charge in [0.15, 0.2) is 0 Å². The van der Waals surface area contributed by atoms with Crippen LogP contribution in [0.25, 0.3) is 0 Å². The zero-order chi connectivity index (χ0) is 13.8. The molecule has 2 amide bonds. The van der Waals surface area contributed by atoms with E-state index in [0.29, 0.717) is 24.1 Å². The van der Waals surface area contributed by atoms with Crippen LogP contribution in [0.3, 0.4) is 0 Å². The lowest BCUT2D eigenvalue weighted by Gasteiger charge is -2.32. The van der Waals surface area contributed by atoms with Crippen molar-refractivity contribution in [3.63, 3.8) is 0 Å². The van der Waals surface area contributed by atoms with Crippen LogP contribution in [0.1, 0.15) is 18.4 Å². The van der Waals surface area contributed by atoms with Crippen molar-refractivity contribution >= 4 is 17.7 Å². The maximum absolute atomic E-state index is 11.6. The number of carboxylic acid groups (broad SMARTS) is 1. The largest absolute Gasteiger partial charge is 0.481 e. The normalized spacial score (nSPS) is 20.8. The Morgan fingerprint density at radius 3 is 2.74 bits per heavy atom. The second kappa shape index (κ2) is 5.40. The Morgan fingerprint density at radius 2 is 2.11 bits per heavy atom. The van der Waals surface area contributed by atoms with Crippen molar-refractivity contribution in [1.29, 1.82) is 5.26 Å². The summed E-state index contributed by atoms with van der Waals surface area (Å²) in [5, 5.41) is 22.8. The molecule has 0 heterocycles. The zero-order valence-electron chi connectivity index (χ0n) is 10.1. The third-order valence-corrected chi connectivity index (χ3v) is 3.07. The van der Waals surface area contributed by atoms with E-state index in [1.165, 1.54) is 0 Å². The number of carboxylic acids is 1. The van der Waals surface area contributed by atoms with Gasteiger partial charge in [0.05, 0.1) is 17.6 Å². The summed E-state index contributed by atoms with van der Waals surface area (Å²) >= 11 is 0. The average Bonchev–Trinajstić information content (AvgIpc) is 2.33. The quantitative estimate of drug-likeness (QED) is 0.766. The van der Waals surface area contributed by atoms with Crippen LogP contribution in [0.15, 0.2) is 24.3 Å². The molecular weight excluding hydrogens is 246 g/mol. The predicted octanol–water partition coefficient (Wildman–Crippen LogP) is 1.54. The molecule has 6 heteroatoms. The number of benzene rings is 1. The number of nitrogens with zero attached hydrogens (tertiary/aromatic N) is 1.